The molecule has 4 rings (SSSR count). The van der Waals surface area contributed by atoms with Crippen LogP contribution in [-0.4, -0.2) is 58.4 Å². The third-order valence-corrected chi connectivity index (χ3v) is 7.03. The number of hydrogen-bond donors (Lipinski definition) is 0. The van der Waals surface area contributed by atoms with E-state index in [0.29, 0.717) is 5.91 Å². The summed E-state index contributed by atoms with van der Waals surface area (Å²) in [5.74, 6) is 2.82. The summed E-state index contributed by atoms with van der Waals surface area (Å²) >= 11 is 3.86. The van der Waals surface area contributed by atoms with Crippen LogP contribution >= 0.6 is 23.1 Å². The SMILES string of the molecule is O=C(C1CCN(Cc2nc3c(s2)CCC3)C1)N1CCSCC1. The summed E-state index contributed by atoms with van der Waals surface area (Å²) in [4.78, 5) is 23.4. The van der Waals surface area contributed by atoms with Gasteiger partial charge in [0.25, 0.3) is 0 Å². The number of fused-ring (bicyclic) bond motifs is 1. The second-order valence-electron chi connectivity index (χ2n) is 6.49. The maximum absolute atomic E-state index is 12.6. The molecule has 3 heterocycles. The monoisotopic (exact) mass is 337 g/mol. The van der Waals surface area contributed by atoms with Crippen LogP contribution in [0.5, 0.6) is 0 Å². The summed E-state index contributed by atoms with van der Waals surface area (Å²) in [5, 5.41) is 1.26. The molecule has 0 N–H and O–H groups in total. The molecule has 0 saturated carbocycles. The molecule has 2 saturated heterocycles. The van der Waals surface area contributed by atoms with Gasteiger partial charge >= 0.3 is 0 Å². The van der Waals surface area contributed by atoms with Gasteiger partial charge in [-0.15, -0.1) is 11.3 Å². The van der Waals surface area contributed by atoms with Crippen LogP contribution in [0.4, 0.5) is 0 Å². The van der Waals surface area contributed by atoms with E-state index in [1.165, 1.54) is 34.8 Å². The summed E-state index contributed by atoms with van der Waals surface area (Å²) in [6.07, 6.45) is 4.69. The molecular weight excluding hydrogens is 314 g/mol. The Morgan fingerprint density at radius 1 is 1.23 bits per heavy atom. The topological polar surface area (TPSA) is 36.4 Å². The number of hydrogen-bond acceptors (Lipinski definition) is 5. The molecule has 1 aliphatic carbocycles. The first-order chi connectivity index (χ1) is 10.8. The fraction of sp³-hybridized carbons (Fsp3) is 0.750. The highest BCUT2D eigenvalue weighted by atomic mass is 32.2. The minimum absolute atomic E-state index is 0.218. The maximum Gasteiger partial charge on any atom is 0.227 e. The van der Waals surface area contributed by atoms with Crippen molar-refractivity contribution >= 4 is 29.0 Å². The fourth-order valence-corrected chi connectivity index (χ4v) is 5.82. The van der Waals surface area contributed by atoms with Gasteiger partial charge in [-0.1, -0.05) is 0 Å². The van der Waals surface area contributed by atoms with E-state index in [-0.39, 0.29) is 5.92 Å². The molecule has 2 fully saturated rings. The normalized spacial score (nSPS) is 25.6. The molecule has 0 spiro atoms. The van der Waals surface area contributed by atoms with E-state index in [1.807, 2.05) is 23.1 Å². The Balaban J connectivity index is 1.32. The minimum atomic E-state index is 0.218. The third kappa shape index (κ3) is 3.05. The summed E-state index contributed by atoms with van der Waals surface area (Å²) in [5.41, 5.74) is 1.35. The predicted molar refractivity (Wildman–Crippen MR) is 91.4 cm³/mol. The van der Waals surface area contributed by atoms with Crippen molar-refractivity contribution in [2.24, 2.45) is 5.92 Å². The molecule has 1 unspecified atom stereocenters. The van der Waals surface area contributed by atoms with E-state index in [0.717, 1.165) is 50.7 Å². The molecule has 0 radical (unpaired) electrons. The number of thioether (sulfide) groups is 1. The standard InChI is InChI=1S/C16H23N3OS2/c20-16(19-6-8-21-9-7-19)12-4-5-18(10-12)11-15-17-13-2-1-3-14(13)22-15/h12H,1-11H2. The lowest BCUT2D eigenvalue weighted by atomic mass is 10.1. The van der Waals surface area contributed by atoms with Crippen molar-refractivity contribution in [3.63, 3.8) is 0 Å². The number of aryl methyl sites for hydroxylation is 2. The van der Waals surface area contributed by atoms with Gasteiger partial charge in [0, 0.05) is 36.0 Å². The number of likely N-dealkylation sites (tertiary alicyclic amines) is 1. The molecule has 2 aliphatic heterocycles. The lowest BCUT2D eigenvalue weighted by Gasteiger charge is -2.28. The molecule has 1 atom stereocenters. The van der Waals surface area contributed by atoms with E-state index < -0.39 is 0 Å². The lowest BCUT2D eigenvalue weighted by Crippen LogP contribution is -2.42. The summed E-state index contributed by atoms with van der Waals surface area (Å²) < 4.78 is 0. The Labute approximate surface area is 140 Å². The molecule has 1 aromatic rings. The lowest BCUT2D eigenvalue weighted by molar-refractivity contribution is -0.134. The number of thiazole rings is 1. The molecule has 1 aromatic heterocycles. The van der Waals surface area contributed by atoms with Crippen LogP contribution in [-0.2, 0) is 24.2 Å². The molecule has 22 heavy (non-hydrogen) atoms. The van der Waals surface area contributed by atoms with E-state index in [4.69, 9.17) is 4.98 Å². The van der Waals surface area contributed by atoms with Gasteiger partial charge in [0.15, 0.2) is 0 Å². The van der Waals surface area contributed by atoms with Gasteiger partial charge in [0.1, 0.15) is 5.01 Å². The van der Waals surface area contributed by atoms with Crippen molar-refractivity contribution in [3.05, 3.63) is 15.6 Å². The average molecular weight is 338 g/mol. The van der Waals surface area contributed by atoms with Gasteiger partial charge in [-0.25, -0.2) is 4.98 Å². The van der Waals surface area contributed by atoms with Crippen molar-refractivity contribution in [2.45, 2.75) is 32.2 Å². The zero-order valence-electron chi connectivity index (χ0n) is 12.9. The first-order valence-corrected chi connectivity index (χ1v) is 10.3. The predicted octanol–water partition coefficient (Wildman–Crippen LogP) is 2.03. The van der Waals surface area contributed by atoms with Crippen LogP contribution in [0, 0.1) is 5.92 Å². The van der Waals surface area contributed by atoms with Crippen LogP contribution in [0.15, 0.2) is 0 Å². The highest BCUT2D eigenvalue weighted by Crippen LogP contribution is 2.29. The first-order valence-electron chi connectivity index (χ1n) is 8.36. The van der Waals surface area contributed by atoms with Gasteiger partial charge in [0.05, 0.1) is 18.2 Å². The van der Waals surface area contributed by atoms with Crippen LogP contribution in [0.3, 0.4) is 0 Å². The molecule has 1 amide bonds. The molecule has 0 bridgehead atoms. The molecule has 120 valence electrons. The van der Waals surface area contributed by atoms with Gasteiger partial charge in [-0.05, 0) is 32.2 Å². The van der Waals surface area contributed by atoms with E-state index in [9.17, 15) is 4.79 Å². The van der Waals surface area contributed by atoms with Crippen LogP contribution < -0.4 is 0 Å². The van der Waals surface area contributed by atoms with E-state index in [2.05, 4.69) is 9.80 Å². The number of carbonyl (C=O) groups excluding carboxylic acids is 1. The summed E-state index contributed by atoms with van der Waals surface area (Å²) in [6.45, 7) is 4.80. The minimum Gasteiger partial charge on any atom is -0.341 e. The number of nitrogens with zero attached hydrogens (tertiary/aromatic N) is 3. The summed E-state index contributed by atoms with van der Waals surface area (Å²) in [7, 11) is 0. The van der Waals surface area contributed by atoms with Gasteiger partial charge in [0.2, 0.25) is 5.91 Å². The van der Waals surface area contributed by atoms with Crippen LogP contribution in [0.25, 0.3) is 0 Å². The third-order valence-electron chi connectivity index (χ3n) is 4.94. The number of rotatable bonds is 3. The average Bonchev–Trinajstić information content (AvgIpc) is 3.24. The highest BCUT2D eigenvalue weighted by molar-refractivity contribution is 7.99. The zero-order valence-corrected chi connectivity index (χ0v) is 14.6. The van der Waals surface area contributed by atoms with Crippen molar-refractivity contribution in [1.82, 2.24) is 14.8 Å². The van der Waals surface area contributed by atoms with Gasteiger partial charge < -0.3 is 4.90 Å². The molecule has 6 heteroatoms. The first kappa shape index (κ1) is 15.0. The maximum atomic E-state index is 12.6. The number of aromatic nitrogens is 1. The van der Waals surface area contributed by atoms with Crippen molar-refractivity contribution < 1.29 is 4.79 Å². The van der Waals surface area contributed by atoms with Crippen LogP contribution in [0.2, 0.25) is 0 Å². The second kappa shape index (κ2) is 6.49. The second-order valence-corrected chi connectivity index (χ2v) is 8.88. The largest absolute Gasteiger partial charge is 0.341 e. The Hall–Kier alpha value is -0.590. The Bertz CT molecular complexity index is 532. The van der Waals surface area contributed by atoms with E-state index >= 15 is 0 Å². The smallest absolute Gasteiger partial charge is 0.227 e. The van der Waals surface area contributed by atoms with Gasteiger partial charge in [-0.3, -0.25) is 9.69 Å². The molecule has 0 aromatic carbocycles. The number of carbonyl (C=O) groups is 1. The highest BCUT2D eigenvalue weighted by Gasteiger charge is 2.32. The molecule has 3 aliphatic rings. The molecular formula is C16H23N3OS2. The molecule has 4 nitrogen and oxygen atoms in total. The van der Waals surface area contributed by atoms with Crippen molar-refractivity contribution in [3.8, 4) is 0 Å². The van der Waals surface area contributed by atoms with Crippen molar-refractivity contribution in [1.29, 1.82) is 0 Å². The quantitative estimate of drug-likeness (QED) is 0.846. The Morgan fingerprint density at radius 3 is 2.91 bits per heavy atom. The Morgan fingerprint density at radius 2 is 2.09 bits per heavy atom. The van der Waals surface area contributed by atoms with E-state index in [1.54, 1.807) is 0 Å². The van der Waals surface area contributed by atoms with Crippen LogP contribution in [0.1, 0.15) is 28.4 Å². The van der Waals surface area contributed by atoms with Crippen molar-refractivity contribution in [2.75, 3.05) is 37.7 Å². The zero-order chi connectivity index (χ0) is 14.9. The fourth-order valence-electron chi connectivity index (χ4n) is 3.72. The van der Waals surface area contributed by atoms with Gasteiger partial charge in [-0.2, -0.15) is 11.8 Å². The summed E-state index contributed by atoms with van der Waals surface area (Å²) in [6, 6.07) is 0. The number of amides is 1. The Kier molecular flexibility index (Phi) is 4.42.